The Labute approximate surface area is 158 Å². The van der Waals surface area contributed by atoms with Gasteiger partial charge in [0.1, 0.15) is 11.5 Å². The van der Waals surface area contributed by atoms with Crippen molar-refractivity contribution in [1.29, 1.82) is 10.5 Å². The van der Waals surface area contributed by atoms with Gasteiger partial charge in [0.15, 0.2) is 6.61 Å². The molecule has 8 nitrogen and oxygen atoms in total. The van der Waals surface area contributed by atoms with Gasteiger partial charge in [0.2, 0.25) is 0 Å². The van der Waals surface area contributed by atoms with Crippen LogP contribution in [0.25, 0.3) is 0 Å². The van der Waals surface area contributed by atoms with Crippen molar-refractivity contribution in [3.05, 3.63) is 23.8 Å². The number of esters is 1. The summed E-state index contributed by atoms with van der Waals surface area (Å²) in [7, 11) is 3.09. The molecule has 0 aliphatic carbocycles. The van der Waals surface area contributed by atoms with Crippen molar-refractivity contribution >= 4 is 11.9 Å². The molecule has 0 aliphatic rings. The average Bonchev–Trinajstić information content (AvgIpc) is 2.70. The van der Waals surface area contributed by atoms with Crippen LogP contribution in [0, 0.1) is 22.7 Å². The zero-order chi connectivity index (χ0) is 20.1. The zero-order valence-electron chi connectivity index (χ0n) is 15.6. The van der Waals surface area contributed by atoms with Crippen LogP contribution >= 0.6 is 0 Å². The number of carbonyl (C=O) groups excluding carboxylic acids is 2. The van der Waals surface area contributed by atoms with Crippen LogP contribution in [0.3, 0.4) is 0 Å². The van der Waals surface area contributed by atoms with Gasteiger partial charge in [0, 0.05) is 25.6 Å². The first-order valence-electron chi connectivity index (χ1n) is 8.43. The van der Waals surface area contributed by atoms with E-state index in [0.717, 1.165) is 5.56 Å². The Hall–Kier alpha value is -3.26. The molecule has 0 spiro atoms. The van der Waals surface area contributed by atoms with Crippen molar-refractivity contribution in [2.45, 2.75) is 25.7 Å². The number of carbonyl (C=O) groups is 2. The lowest BCUT2D eigenvalue weighted by Crippen LogP contribution is -2.36. The number of rotatable bonds is 11. The summed E-state index contributed by atoms with van der Waals surface area (Å²) in [6, 6.07) is 9.22. The average molecular weight is 373 g/mol. The fourth-order valence-electron chi connectivity index (χ4n) is 2.29. The number of methoxy groups -OCH3 is 2. The predicted molar refractivity (Wildman–Crippen MR) is 95.9 cm³/mol. The van der Waals surface area contributed by atoms with Gasteiger partial charge in [-0.15, -0.1) is 0 Å². The molecule has 0 fully saturated rings. The first-order valence-corrected chi connectivity index (χ1v) is 8.43. The Morgan fingerprint density at radius 1 is 1.00 bits per heavy atom. The topological polar surface area (TPSA) is 113 Å². The highest BCUT2D eigenvalue weighted by molar-refractivity contribution is 5.80. The second kappa shape index (κ2) is 12.2. The lowest BCUT2D eigenvalue weighted by atomic mass is 10.1. The van der Waals surface area contributed by atoms with E-state index in [1.165, 1.54) is 4.90 Å². The molecule has 0 radical (unpaired) electrons. The molecule has 144 valence electrons. The molecule has 27 heavy (non-hydrogen) atoms. The molecule has 1 rings (SSSR count). The molecule has 1 amide bonds. The largest absolute Gasteiger partial charge is 0.497 e. The highest BCUT2D eigenvalue weighted by atomic mass is 16.5. The first-order chi connectivity index (χ1) is 13.0. The molecule has 0 saturated carbocycles. The van der Waals surface area contributed by atoms with Crippen LogP contribution in [0.1, 0.15) is 24.8 Å². The van der Waals surface area contributed by atoms with Crippen molar-refractivity contribution in [2.24, 2.45) is 0 Å². The second-order valence-corrected chi connectivity index (χ2v) is 5.58. The lowest BCUT2D eigenvalue weighted by Gasteiger charge is -2.20. The van der Waals surface area contributed by atoms with Gasteiger partial charge in [-0.25, -0.2) is 0 Å². The Kier molecular flexibility index (Phi) is 9.80. The fourth-order valence-corrected chi connectivity index (χ4v) is 2.29. The number of hydrogen-bond donors (Lipinski definition) is 0. The predicted octanol–water partition coefficient (Wildman–Crippen LogP) is 1.84. The summed E-state index contributed by atoms with van der Waals surface area (Å²) in [5, 5.41) is 17.3. The third-order valence-electron chi connectivity index (χ3n) is 3.73. The molecule has 0 saturated heterocycles. The molecule has 0 N–H and O–H groups in total. The van der Waals surface area contributed by atoms with Crippen molar-refractivity contribution in [3.8, 4) is 23.6 Å². The van der Waals surface area contributed by atoms with E-state index in [2.05, 4.69) is 0 Å². The zero-order valence-corrected chi connectivity index (χ0v) is 15.6. The maximum absolute atomic E-state index is 12.1. The van der Waals surface area contributed by atoms with Crippen molar-refractivity contribution in [3.63, 3.8) is 0 Å². The van der Waals surface area contributed by atoms with Gasteiger partial charge in [-0.3, -0.25) is 9.59 Å². The monoisotopic (exact) mass is 373 g/mol. The molecule has 0 atom stereocenters. The minimum absolute atomic E-state index is 0.0972. The van der Waals surface area contributed by atoms with E-state index in [1.54, 1.807) is 32.4 Å². The number of nitrogens with zero attached hydrogens (tertiary/aromatic N) is 3. The Bertz CT molecular complexity index is 681. The summed E-state index contributed by atoms with van der Waals surface area (Å²) < 4.78 is 15.4. The summed E-state index contributed by atoms with van der Waals surface area (Å²) in [5.41, 5.74) is 0.846. The fraction of sp³-hybridized carbons (Fsp3) is 0.474. The van der Waals surface area contributed by atoms with E-state index in [0.29, 0.717) is 17.9 Å². The molecule has 0 unspecified atom stereocenters. The number of nitriles is 2. The minimum Gasteiger partial charge on any atom is -0.497 e. The molecule has 0 aliphatic heterocycles. The van der Waals surface area contributed by atoms with E-state index in [4.69, 9.17) is 24.7 Å². The van der Waals surface area contributed by atoms with E-state index in [-0.39, 0.29) is 32.4 Å². The minimum atomic E-state index is -0.509. The van der Waals surface area contributed by atoms with Gasteiger partial charge in [-0.2, -0.15) is 10.5 Å². The highest BCUT2D eigenvalue weighted by Crippen LogP contribution is 2.23. The Morgan fingerprint density at radius 2 is 1.56 bits per heavy atom. The Morgan fingerprint density at radius 3 is 2.04 bits per heavy atom. The van der Waals surface area contributed by atoms with Gasteiger partial charge in [0.25, 0.3) is 5.91 Å². The molecular weight excluding hydrogens is 350 g/mol. The summed E-state index contributed by atoms with van der Waals surface area (Å²) in [5.74, 6) is 0.319. The van der Waals surface area contributed by atoms with Crippen molar-refractivity contribution < 1.29 is 23.8 Å². The maximum atomic E-state index is 12.1. The third-order valence-corrected chi connectivity index (χ3v) is 3.73. The van der Waals surface area contributed by atoms with Gasteiger partial charge in [-0.1, -0.05) is 0 Å². The van der Waals surface area contributed by atoms with Crippen LogP contribution < -0.4 is 9.47 Å². The van der Waals surface area contributed by atoms with E-state index < -0.39 is 18.5 Å². The quantitative estimate of drug-likeness (QED) is 0.544. The first kappa shape index (κ1) is 21.8. The van der Waals surface area contributed by atoms with Gasteiger partial charge in [0.05, 0.1) is 39.2 Å². The third kappa shape index (κ3) is 8.10. The molecule has 1 aromatic carbocycles. The molecule has 0 heterocycles. The molecule has 0 aromatic heterocycles. The standard InChI is InChI=1S/C19H23N3O5/c1-25-16-11-15(12-17(13-16)26-2)5-6-19(24)27-14-18(23)22(9-3-7-20)10-4-8-21/h11-13H,3-6,9-10,14H2,1-2H3. The normalized spacial score (nSPS) is 9.63. The van der Waals surface area contributed by atoms with Crippen molar-refractivity contribution in [2.75, 3.05) is 33.9 Å². The number of ether oxygens (including phenoxy) is 3. The molecular formula is C19H23N3O5. The van der Waals surface area contributed by atoms with Gasteiger partial charge < -0.3 is 19.1 Å². The smallest absolute Gasteiger partial charge is 0.306 e. The van der Waals surface area contributed by atoms with E-state index >= 15 is 0 Å². The number of hydrogen-bond acceptors (Lipinski definition) is 7. The Balaban J connectivity index is 2.51. The van der Waals surface area contributed by atoms with Crippen LogP contribution in [0.15, 0.2) is 18.2 Å². The van der Waals surface area contributed by atoms with Crippen LogP contribution in [0.2, 0.25) is 0 Å². The summed E-state index contributed by atoms with van der Waals surface area (Å²) in [4.78, 5) is 25.4. The lowest BCUT2D eigenvalue weighted by molar-refractivity contribution is -0.152. The van der Waals surface area contributed by atoms with Crippen LogP contribution in [-0.4, -0.2) is 50.7 Å². The summed E-state index contributed by atoms with van der Waals surface area (Å²) in [6.07, 6.45) is 0.818. The van der Waals surface area contributed by atoms with E-state index in [1.807, 2.05) is 12.1 Å². The molecule has 1 aromatic rings. The molecule has 0 bridgehead atoms. The summed E-state index contributed by atoms with van der Waals surface area (Å²) >= 11 is 0. The van der Waals surface area contributed by atoms with Crippen LogP contribution in [0.4, 0.5) is 0 Å². The van der Waals surface area contributed by atoms with Gasteiger partial charge >= 0.3 is 5.97 Å². The highest BCUT2D eigenvalue weighted by Gasteiger charge is 2.15. The summed E-state index contributed by atoms with van der Waals surface area (Å²) in [6.45, 7) is 0.00740. The van der Waals surface area contributed by atoms with Gasteiger partial charge in [-0.05, 0) is 24.1 Å². The SMILES string of the molecule is COc1cc(CCC(=O)OCC(=O)N(CCC#N)CCC#N)cc(OC)c1. The second-order valence-electron chi connectivity index (χ2n) is 5.58. The van der Waals surface area contributed by atoms with Crippen molar-refractivity contribution in [1.82, 2.24) is 4.90 Å². The number of benzene rings is 1. The number of aryl methyl sites for hydroxylation is 1. The number of amides is 1. The van der Waals surface area contributed by atoms with Crippen LogP contribution in [-0.2, 0) is 20.7 Å². The molecule has 8 heteroatoms. The van der Waals surface area contributed by atoms with E-state index in [9.17, 15) is 9.59 Å². The maximum Gasteiger partial charge on any atom is 0.306 e. The van der Waals surface area contributed by atoms with Crippen LogP contribution in [0.5, 0.6) is 11.5 Å².